The maximum Gasteiger partial charge on any atom is 0.323 e. The van der Waals surface area contributed by atoms with Gasteiger partial charge in [0.1, 0.15) is 5.54 Å². The Morgan fingerprint density at radius 2 is 2.11 bits per heavy atom. The summed E-state index contributed by atoms with van der Waals surface area (Å²) in [4.78, 5) is 12.4. The van der Waals surface area contributed by atoms with Crippen LogP contribution in [0, 0.1) is 13.8 Å². The zero-order valence-corrected chi connectivity index (χ0v) is 12.7. The van der Waals surface area contributed by atoms with Crippen molar-refractivity contribution < 1.29 is 9.90 Å². The van der Waals surface area contributed by atoms with E-state index in [4.69, 9.17) is 10.8 Å². The molecule has 1 atom stereocenters. The lowest BCUT2D eigenvalue weighted by molar-refractivity contribution is -0.143. The van der Waals surface area contributed by atoms with Gasteiger partial charge in [-0.1, -0.05) is 24.6 Å². The highest BCUT2D eigenvalue weighted by Crippen LogP contribution is 2.25. The summed E-state index contributed by atoms with van der Waals surface area (Å²) in [5.74, 6) is 0.00279. The van der Waals surface area contributed by atoms with Crippen molar-refractivity contribution in [1.82, 2.24) is 0 Å². The number of aliphatic carboxylic acids is 1. The van der Waals surface area contributed by atoms with Gasteiger partial charge in [-0.3, -0.25) is 4.79 Å². The van der Waals surface area contributed by atoms with Crippen LogP contribution in [0.3, 0.4) is 0 Å². The molecule has 19 heavy (non-hydrogen) atoms. The van der Waals surface area contributed by atoms with Crippen molar-refractivity contribution in [2.45, 2.75) is 50.5 Å². The Bertz CT molecular complexity index is 448. The topological polar surface area (TPSA) is 63.3 Å². The number of carbonyl (C=O) groups is 1. The third kappa shape index (κ3) is 4.55. The molecule has 1 aromatic rings. The highest BCUT2D eigenvalue weighted by atomic mass is 32.2. The minimum absolute atomic E-state index is 0.469. The first kappa shape index (κ1) is 16.1. The second-order valence-corrected chi connectivity index (χ2v) is 6.17. The van der Waals surface area contributed by atoms with E-state index in [1.807, 2.05) is 6.92 Å². The molecule has 0 amide bonds. The minimum Gasteiger partial charge on any atom is -0.480 e. The number of aryl methyl sites for hydroxylation is 2. The van der Waals surface area contributed by atoms with Gasteiger partial charge >= 0.3 is 5.97 Å². The lowest BCUT2D eigenvalue weighted by atomic mass is 9.92. The summed E-state index contributed by atoms with van der Waals surface area (Å²) < 4.78 is 0. The maximum absolute atomic E-state index is 11.1. The minimum atomic E-state index is -1.07. The Morgan fingerprint density at radius 1 is 1.42 bits per heavy atom. The lowest BCUT2D eigenvalue weighted by Gasteiger charge is -2.22. The third-order valence-electron chi connectivity index (χ3n) is 3.43. The predicted molar refractivity (Wildman–Crippen MR) is 80.7 cm³/mol. The van der Waals surface area contributed by atoms with Crippen molar-refractivity contribution in [2.24, 2.45) is 5.73 Å². The first-order valence-corrected chi connectivity index (χ1v) is 7.60. The van der Waals surface area contributed by atoms with E-state index in [2.05, 4.69) is 32.0 Å². The van der Waals surface area contributed by atoms with E-state index < -0.39 is 11.5 Å². The van der Waals surface area contributed by atoms with Crippen molar-refractivity contribution in [3.8, 4) is 0 Å². The first-order chi connectivity index (χ1) is 8.89. The molecule has 0 aliphatic carbocycles. The molecule has 3 N–H and O–H groups in total. The molecular weight excluding hydrogens is 258 g/mol. The van der Waals surface area contributed by atoms with Gasteiger partial charge in [-0.15, -0.1) is 11.8 Å². The summed E-state index contributed by atoms with van der Waals surface area (Å²) in [5, 5.41) is 9.10. The number of carboxylic acid groups (broad SMARTS) is 1. The number of hydrogen-bond acceptors (Lipinski definition) is 3. The SMILES string of the molecule is CCC(N)(CCCSc1cc(C)ccc1C)C(=O)O. The molecule has 0 fully saturated rings. The summed E-state index contributed by atoms with van der Waals surface area (Å²) in [6, 6.07) is 6.40. The quantitative estimate of drug-likeness (QED) is 0.594. The summed E-state index contributed by atoms with van der Waals surface area (Å²) >= 11 is 1.78. The molecule has 0 saturated heterocycles. The van der Waals surface area contributed by atoms with E-state index in [1.165, 1.54) is 16.0 Å². The molecule has 3 nitrogen and oxygen atoms in total. The Balaban J connectivity index is 2.47. The molecule has 106 valence electrons. The maximum atomic E-state index is 11.1. The molecule has 0 aliphatic heterocycles. The third-order valence-corrected chi connectivity index (χ3v) is 4.67. The fraction of sp³-hybridized carbons (Fsp3) is 0.533. The average Bonchev–Trinajstić information content (AvgIpc) is 2.38. The molecular formula is C15H23NO2S. The smallest absolute Gasteiger partial charge is 0.323 e. The number of rotatable bonds is 7. The number of benzene rings is 1. The van der Waals surface area contributed by atoms with Crippen LogP contribution in [0.5, 0.6) is 0 Å². The van der Waals surface area contributed by atoms with Crippen molar-refractivity contribution >= 4 is 17.7 Å². The number of nitrogens with two attached hydrogens (primary N) is 1. The van der Waals surface area contributed by atoms with Gasteiger partial charge in [-0.05, 0) is 50.5 Å². The molecule has 0 spiro atoms. The van der Waals surface area contributed by atoms with Gasteiger partial charge in [0, 0.05) is 4.90 Å². The van der Waals surface area contributed by atoms with Crippen molar-refractivity contribution in [3.05, 3.63) is 29.3 Å². The largest absolute Gasteiger partial charge is 0.480 e. The van der Waals surface area contributed by atoms with Gasteiger partial charge < -0.3 is 10.8 Å². The van der Waals surface area contributed by atoms with Crippen LogP contribution in [0.1, 0.15) is 37.3 Å². The van der Waals surface area contributed by atoms with E-state index in [1.54, 1.807) is 11.8 Å². The Kier molecular flexibility index (Phi) is 5.88. The zero-order valence-electron chi connectivity index (χ0n) is 11.9. The van der Waals surface area contributed by atoms with Crippen LogP contribution in [-0.2, 0) is 4.79 Å². The second-order valence-electron chi connectivity index (χ2n) is 5.04. The van der Waals surface area contributed by atoms with E-state index in [9.17, 15) is 4.79 Å². The molecule has 4 heteroatoms. The Labute approximate surface area is 119 Å². The van der Waals surface area contributed by atoms with Gasteiger partial charge in [0.25, 0.3) is 0 Å². The second kappa shape index (κ2) is 6.96. The first-order valence-electron chi connectivity index (χ1n) is 6.61. The van der Waals surface area contributed by atoms with Crippen LogP contribution in [0.2, 0.25) is 0 Å². The van der Waals surface area contributed by atoms with Crippen LogP contribution < -0.4 is 5.73 Å². The fourth-order valence-corrected chi connectivity index (χ4v) is 2.94. The number of carboxylic acids is 1. The van der Waals surface area contributed by atoms with Gasteiger partial charge in [-0.2, -0.15) is 0 Å². The summed E-state index contributed by atoms with van der Waals surface area (Å²) in [7, 11) is 0. The van der Waals surface area contributed by atoms with Crippen LogP contribution in [-0.4, -0.2) is 22.4 Å². The van der Waals surface area contributed by atoms with Crippen LogP contribution in [0.25, 0.3) is 0 Å². The van der Waals surface area contributed by atoms with Crippen molar-refractivity contribution in [2.75, 3.05) is 5.75 Å². The molecule has 0 saturated carbocycles. The molecule has 1 rings (SSSR count). The van der Waals surface area contributed by atoms with Crippen LogP contribution in [0.15, 0.2) is 23.1 Å². The standard InChI is InChI=1S/C15H23NO2S/c1-4-15(16,14(17)18)8-5-9-19-13-10-11(2)6-7-12(13)3/h6-7,10H,4-5,8-9,16H2,1-3H3,(H,17,18). The van der Waals surface area contributed by atoms with Gasteiger partial charge in [0.15, 0.2) is 0 Å². The van der Waals surface area contributed by atoms with Gasteiger partial charge in [0.2, 0.25) is 0 Å². The van der Waals surface area contributed by atoms with Crippen molar-refractivity contribution in [1.29, 1.82) is 0 Å². The molecule has 1 aromatic carbocycles. The van der Waals surface area contributed by atoms with Gasteiger partial charge in [-0.25, -0.2) is 0 Å². The lowest BCUT2D eigenvalue weighted by Crippen LogP contribution is -2.47. The summed E-state index contributed by atoms with van der Waals surface area (Å²) in [5.41, 5.74) is 7.31. The molecule has 1 unspecified atom stereocenters. The van der Waals surface area contributed by atoms with E-state index >= 15 is 0 Å². The fourth-order valence-electron chi connectivity index (χ4n) is 1.87. The summed E-state index contributed by atoms with van der Waals surface area (Å²) in [6.45, 7) is 6.00. The van der Waals surface area contributed by atoms with E-state index in [0.717, 1.165) is 12.2 Å². The van der Waals surface area contributed by atoms with Gasteiger partial charge in [0.05, 0.1) is 0 Å². The normalized spacial score (nSPS) is 14.1. The molecule has 0 aliphatic rings. The predicted octanol–water partition coefficient (Wildman–Crippen LogP) is 3.37. The van der Waals surface area contributed by atoms with Crippen molar-refractivity contribution in [3.63, 3.8) is 0 Å². The highest BCUT2D eigenvalue weighted by molar-refractivity contribution is 7.99. The molecule has 0 radical (unpaired) electrons. The number of hydrogen-bond donors (Lipinski definition) is 2. The molecule has 0 aromatic heterocycles. The molecule has 0 heterocycles. The van der Waals surface area contributed by atoms with Crippen LogP contribution in [0.4, 0.5) is 0 Å². The van der Waals surface area contributed by atoms with E-state index in [0.29, 0.717) is 12.8 Å². The monoisotopic (exact) mass is 281 g/mol. The zero-order chi connectivity index (χ0) is 14.5. The van der Waals surface area contributed by atoms with E-state index in [-0.39, 0.29) is 0 Å². The average molecular weight is 281 g/mol. The number of thioether (sulfide) groups is 1. The summed E-state index contributed by atoms with van der Waals surface area (Å²) in [6.07, 6.45) is 1.81. The Morgan fingerprint density at radius 3 is 2.68 bits per heavy atom. The Hall–Kier alpha value is -1.00. The van der Waals surface area contributed by atoms with Crippen LogP contribution >= 0.6 is 11.8 Å². The highest BCUT2D eigenvalue weighted by Gasteiger charge is 2.30. The molecule has 0 bridgehead atoms.